The number of amides is 1. The Labute approximate surface area is 215 Å². The topological polar surface area (TPSA) is 83.3 Å². The monoisotopic (exact) mass is 502 g/mol. The number of rotatable bonds is 8. The smallest absolute Gasteiger partial charge is 0.254 e. The Kier molecular flexibility index (Phi) is 6.90. The lowest BCUT2D eigenvalue weighted by Gasteiger charge is -2.20. The molecule has 4 heterocycles. The van der Waals surface area contributed by atoms with E-state index in [0.29, 0.717) is 35.8 Å². The Morgan fingerprint density at radius 2 is 2.24 bits per heavy atom. The van der Waals surface area contributed by atoms with Gasteiger partial charge in [0.1, 0.15) is 17.3 Å². The van der Waals surface area contributed by atoms with E-state index in [4.69, 9.17) is 9.73 Å². The van der Waals surface area contributed by atoms with E-state index in [1.165, 1.54) is 12.1 Å². The van der Waals surface area contributed by atoms with Gasteiger partial charge in [0.05, 0.1) is 35.0 Å². The van der Waals surface area contributed by atoms with Crippen molar-refractivity contribution in [2.24, 2.45) is 4.99 Å². The fourth-order valence-electron chi connectivity index (χ4n) is 4.84. The van der Waals surface area contributed by atoms with Crippen molar-refractivity contribution in [1.82, 2.24) is 19.6 Å². The number of hydrogen-bond donors (Lipinski definition) is 2. The number of imidazole rings is 1. The second-order valence-electron chi connectivity index (χ2n) is 9.54. The molecule has 0 aliphatic carbocycles. The predicted octanol–water partition coefficient (Wildman–Crippen LogP) is 4.39. The fraction of sp³-hybridized carbons (Fsp3) is 0.321. The van der Waals surface area contributed by atoms with Crippen LogP contribution in [0.2, 0.25) is 0 Å². The molecule has 192 valence electrons. The Morgan fingerprint density at radius 1 is 1.41 bits per heavy atom. The van der Waals surface area contributed by atoms with Gasteiger partial charge in [0, 0.05) is 37.5 Å². The molecule has 1 atom stereocenters. The number of nitrogens with zero attached hydrogens (tertiary/aromatic N) is 4. The number of aliphatic imine (C=N–C) groups is 1. The molecular weight excluding hydrogens is 471 g/mol. The first-order chi connectivity index (χ1) is 17.9. The summed E-state index contributed by atoms with van der Waals surface area (Å²) in [7, 11) is 3.98. The van der Waals surface area contributed by atoms with Gasteiger partial charge in [-0.3, -0.25) is 9.20 Å². The molecule has 5 rings (SSSR count). The summed E-state index contributed by atoms with van der Waals surface area (Å²) in [5.41, 5.74) is 5.98. The molecule has 0 saturated carbocycles. The minimum atomic E-state index is -0.346. The number of fused-ring (bicyclic) bond motifs is 2. The van der Waals surface area contributed by atoms with Crippen molar-refractivity contribution >= 4 is 23.0 Å². The Balaban J connectivity index is 1.50. The maximum absolute atomic E-state index is 13.7. The molecule has 2 aromatic heterocycles. The maximum Gasteiger partial charge on any atom is 0.254 e. The molecule has 2 aliphatic heterocycles. The fourth-order valence-corrected chi connectivity index (χ4v) is 4.84. The van der Waals surface area contributed by atoms with Gasteiger partial charge in [0.15, 0.2) is 0 Å². The van der Waals surface area contributed by atoms with Gasteiger partial charge in [-0.25, -0.2) is 14.4 Å². The van der Waals surface area contributed by atoms with Crippen molar-refractivity contribution in [3.8, 4) is 11.3 Å². The van der Waals surface area contributed by atoms with Crippen LogP contribution in [0.15, 0.2) is 65.7 Å². The van der Waals surface area contributed by atoms with Crippen molar-refractivity contribution in [3.63, 3.8) is 0 Å². The van der Waals surface area contributed by atoms with Crippen LogP contribution in [0, 0.1) is 5.82 Å². The lowest BCUT2D eigenvalue weighted by molar-refractivity contribution is 0.0966. The van der Waals surface area contributed by atoms with E-state index in [0.717, 1.165) is 47.6 Å². The first kappa shape index (κ1) is 24.9. The first-order valence-corrected chi connectivity index (χ1v) is 12.4. The second kappa shape index (κ2) is 10.3. The summed E-state index contributed by atoms with van der Waals surface area (Å²) in [5, 5.41) is 6.30. The van der Waals surface area contributed by atoms with Crippen molar-refractivity contribution in [2.45, 2.75) is 32.4 Å². The van der Waals surface area contributed by atoms with Gasteiger partial charge >= 0.3 is 0 Å². The molecule has 1 fully saturated rings. The third-order valence-corrected chi connectivity index (χ3v) is 6.66. The number of anilines is 1. The number of benzene rings is 1. The zero-order valence-electron chi connectivity index (χ0n) is 21.3. The predicted molar refractivity (Wildman–Crippen MR) is 143 cm³/mol. The normalized spacial score (nSPS) is 18.0. The average molecular weight is 503 g/mol. The van der Waals surface area contributed by atoms with Gasteiger partial charge in [-0.2, -0.15) is 0 Å². The van der Waals surface area contributed by atoms with Gasteiger partial charge in [0.2, 0.25) is 0 Å². The third kappa shape index (κ3) is 4.92. The van der Waals surface area contributed by atoms with Crippen LogP contribution in [-0.2, 0) is 11.3 Å². The number of carbonyl (C=O) groups is 1. The van der Waals surface area contributed by atoms with Crippen molar-refractivity contribution in [1.29, 1.82) is 0 Å². The van der Waals surface area contributed by atoms with E-state index in [2.05, 4.69) is 22.2 Å². The zero-order valence-corrected chi connectivity index (χ0v) is 21.3. The summed E-state index contributed by atoms with van der Waals surface area (Å²) in [6.45, 7) is 7.94. The molecule has 37 heavy (non-hydrogen) atoms. The molecule has 0 bridgehead atoms. The van der Waals surface area contributed by atoms with Crippen LogP contribution in [0.3, 0.4) is 0 Å². The molecule has 1 aromatic carbocycles. The summed E-state index contributed by atoms with van der Waals surface area (Å²) in [6, 6.07) is 6.61. The van der Waals surface area contributed by atoms with Crippen molar-refractivity contribution < 1.29 is 13.9 Å². The summed E-state index contributed by atoms with van der Waals surface area (Å²) in [6.07, 6.45) is 7.16. The van der Waals surface area contributed by atoms with E-state index in [1.807, 2.05) is 48.5 Å². The molecule has 2 aliphatic rings. The van der Waals surface area contributed by atoms with E-state index in [1.54, 1.807) is 12.4 Å². The largest absolute Gasteiger partial charge is 0.373 e. The first-order valence-electron chi connectivity index (χ1n) is 12.4. The third-order valence-electron chi connectivity index (χ3n) is 6.66. The number of allylic oxidation sites excluding steroid dienone is 1. The van der Waals surface area contributed by atoms with Gasteiger partial charge in [-0.15, -0.1) is 0 Å². The van der Waals surface area contributed by atoms with E-state index in [9.17, 15) is 9.18 Å². The van der Waals surface area contributed by atoms with Crippen LogP contribution in [0.5, 0.6) is 0 Å². The quantitative estimate of drug-likeness (QED) is 0.447. The summed E-state index contributed by atoms with van der Waals surface area (Å²) >= 11 is 0. The Morgan fingerprint density at radius 3 is 2.97 bits per heavy atom. The summed E-state index contributed by atoms with van der Waals surface area (Å²) in [4.78, 5) is 24.2. The molecule has 0 radical (unpaired) electrons. The summed E-state index contributed by atoms with van der Waals surface area (Å²) in [5.74, 6) is 0.119. The molecular formula is C28H31FN6O2. The Bertz CT molecular complexity index is 1430. The number of nitrogens with one attached hydrogen (secondary N) is 2. The van der Waals surface area contributed by atoms with E-state index < -0.39 is 0 Å². The SMILES string of the molecule is C=C(/C(CN(C)C)=N\C(=C/C)Nc1ccc(-c2cnc3cc(F)ccn23)c2c1C(=O)NC2)[C@H]1CCCO1. The Hall–Kier alpha value is -3.82. The number of ether oxygens (including phenoxy) is 1. The van der Waals surface area contributed by atoms with Crippen LogP contribution < -0.4 is 10.6 Å². The number of pyridine rings is 1. The van der Waals surface area contributed by atoms with Crippen molar-refractivity contribution in [3.05, 3.63) is 77.7 Å². The number of carbonyl (C=O) groups excluding carboxylic acids is 1. The molecule has 3 aromatic rings. The number of halogens is 1. The van der Waals surface area contributed by atoms with Crippen LogP contribution in [0.25, 0.3) is 16.9 Å². The highest BCUT2D eigenvalue weighted by Crippen LogP contribution is 2.35. The molecule has 9 heteroatoms. The van der Waals surface area contributed by atoms with Crippen LogP contribution in [-0.4, -0.2) is 59.3 Å². The van der Waals surface area contributed by atoms with Gasteiger partial charge in [0.25, 0.3) is 5.91 Å². The van der Waals surface area contributed by atoms with Crippen LogP contribution in [0.1, 0.15) is 35.7 Å². The molecule has 2 N–H and O–H groups in total. The highest BCUT2D eigenvalue weighted by atomic mass is 19.1. The minimum absolute atomic E-state index is 0.0231. The second-order valence-corrected chi connectivity index (χ2v) is 9.54. The van der Waals surface area contributed by atoms with Gasteiger partial charge in [-0.1, -0.05) is 12.6 Å². The van der Waals surface area contributed by atoms with Crippen LogP contribution >= 0.6 is 0 Å². The van der Waals surface area contributed by atoms with Crippen molar-refractivity contribution in [2.75, 3.05) is 32.6 Å². The van der Waals surface area contributed by atoms with Gasteiger partial charge < -0.3 is 20.3 Å². The molecule has 0 unspecified atom stereocenters. The number of hydrogen-bond acceptors (Lipinski definition) is 6. The lowest BCUT2D eigenvalue weighted by atomic mass is 9.99. The molecule has 0 spiro atoms. The highest BCUT2D eigenvalue weighted by molar-refractivity contribution is 6.06. The minimum Gasteiger partial charge on any atom is -0.373 e. The van der Waals surface area contributed by atoms with Gasteiger partial charge in [-0.05, 0) is 63.2 Å². The lowest BCUT2D eigenvalue weighted by Crippen LogP contribution is -2.28. The van der Waals surface area contributed by atoms with E-state index >= 15 is 0 Å². The number of aromatic nitrogens is 2. The molecule has 1 amide bonds. The standard InChI is InChI=1S/C28H31FN6O2/c1-5-25(33-22(16-34(3)4)17(2)24-7-6-12-37-24)32-21-9-8-19(20-14-31-28(36)27(20)21)23-15-30-26-13-18(29)10-11-35(23)26/h5,8-11,13,15,24,32H,2,6-7,12,14,16H2,1,3-4H3,(H,31,36)/b25-5-,33-22-/t24-/m1/s1. The van der Waals surface area contributed by atoms with E-state index in [-0.39, 0.29) is 17.8 Å². The average Bonchev–Trinajstić information content (AvgIpc) is 3.63. The zero-order chi connectivity index (χ0) is 26.1. The van der Waals surface area contributed by atoms with Crippen LogP contribution in [0.4, 0.5) is 10.1 Å². The summed E-state index contributed by atoms with van der Waals surface area (Å²) < 4.78 is 21.3. The molecule has 1 saturated heterocycles. The highest BCUT2D eigenvalue weighted by Gasteiger charge is 2.28. The maximum atomic E-state index is 13.7. The molecule has 8 nitrogen and oxygen atoms in total.